The van der Waals surface area contributed by atoms with Crippen LogP contribution in [0, 0.1) is 0 Å². The van der Waals surface area contributed by atoms with E-state index >= 15 is 0 Å². The van der Waals surface area contributed by atoms with Crippen molar-refractivity contribution in [3.05, 3.63) is 0 Å². The maximum atomic E-state index is 11.3. The van der Waals surface area contributed by atoms with Gasteiger partial charge in [0, 0.05) is 25.8 Å². The van der Waals surface area contributed by atoms with Crippen molar-refractivity contribution in [1.29, 1.82) is 0 Å². The molecule has 1 rings (SSSR count). The van der Waals surface area contributed by atoms with Crippen LogP contribution < -0.4 is 11.1 Å². The van der Waals surface area contributed by atoms with Crippen molar-refractivity contribution in [2.45, 2.75) is 38.3 Å². The summed E-state index contributed by atoms with van der Waals surface area (Å²) in [6.07, 6.45) is 3.08. The van der Waals surface area contributed by atoms with E-state index in [0.717, 1.165) is 39.0 Å². The van der Waals surface area contributed by atoms with Crippen molar-refractivity contribution in [2.24, 2.45) is 5.73 Å². The van der Waals surface area contributed by atoms with Crippen molar-refractivity contribution in [3.63, 3.8) is 0 Å². The summed E-state index contributed by atoms with van der Waals surface area (Å²) in [6.45, 7) is 5.22. The van der Waals surface area contributed by atoms with Gasteiger partial charge in [0.2, 0.25) is 5.91 Å². The highest BCUT2D eigenvalue weighted by Gasteiger charge is 2.23. The number of likely N-dealkylation sites (N-methyl/N-ethyl adjacent to an activating group) is 1. The molecule has 0 radical (unpaired) electrons. The van der Waals surface area contributed by atoms with Crippen LogP contribution in [-0.2, 0) is 9.53 Å². The SMILES string of the molecule is CCCNC(CN(C)C1CCOCC1)C(N)=O. The summed E-state index contributed by atoms with van der Waals surface area (Å²) in [7, 11) is 2.06. The van der Waals surface area contributed by atoms with Gasteiger partial charge < -0.3 is 20.7 Å². The fourth-order valence-corrected chi connectivity index (χ4v) is 2.14. The number of carbonyl (C=O) groups excluding carboxylic acids is 1. The van der Waals surface area contributed by atoms with Gasteiger partial charge in [-0.25, -0.2) is 0 Å². The first kappa shape index (κ1) is 14.4. The predicted octanol–water partition coefficient (Wildman–Crippen LogP) is -0.0493. The highest BCUT2D eigenvalue weighted by Crippen LogP contribution is 2.12. The van der Waals surface area contributed by atoms with E-state index in [1.807, 2.05) is 0 Å². The number of amides is 1. The fraction of sp³-hybridized carbons (Fsp3) is 0.917. The van der Waals surface area contributed by atoms with E-state index in [9.17, 15) is 4.79 Å². The first-order chi connectivity index (χ1) is 8.15. The molecule has 1 amide bonds. The van der Waals surface area contributed by atoms with E-state index in [1.54, 1.807) is 0 Å². The molecular weight excluding hydrogens is 218 g/mol. The van der Waals surface area contributed by atoms with Crippen LogP contribution in [0.25, 0.3) is 0 Å². The van der Waals surface area contributed by atoms with Crippen LogP contribution in [0.3, 0.4) is 0 Å². The predicted molar refractivity (Wildman–Crippen MR) is 67.7 cm³/mol. The Morgan fingerprint density at radius 2 is 2.18 bits per heavy atom. The smallest absolute Gasteiger partial charge is 0.235 e. The Balaban J connectivity index is 2.38. The number of rotatable bonds is 7. The van der Waals surface area contributed by atoms with Gasteiger partial charge in [0.05, 0.1) is 6.04 Å². The Hall–Kier alpha value is -0.650. The van der Waals surface area contributed by atoms with Gasteiger partial charge in [-0.2, -0.15) is 0 Å². The minimum Gasteiger partial charge on any atom is -0.381 e. The summed E-state index contributed by atoms with van der Waals surface area (Å²) in [6, 6.07) is 0.261. The van der Waals surface area contributed by atoms with Gasteiger partial charge in [0.25, 0.3) is 0 Å². The summed E-state index contributed by atoms with van der Waals surface area (Å²) < 4.78 is 5.33. The van der Waals surface area contributed by atoms with E-state index in [4.69, 9.17) is 10.5 Å². The third kappa shape index (κ3) is 5.02. The molecule has 0 aromatic rings. The highest BCUT2D eigenvalue weighted by molar-refractivity contribution is 5.80. The molecule has 1 aliphatic heterocycles. The molecule has 0 spiro atoms. The third-order valence-corrected chi connectivity index (χ3v) is 3.27. The summed E-state index contributed by atoms with van der Waals surface area (Å²) in [5.41, 5.74) is 5.40. The van der Waals surface area contributed by atoms with Gasteiger partial charge in [0.1, 0.15) is 0 Å². The lowest BCUT2D eigenvalue weighted by Gasteiger charge is -2.33. The number of carbonyl (C=O) groups is 1. The van der Waals surface area contributed by atoms with Crippen LogP contribution in [0.1, 0.15) is 26.2 Å². The van der Waals surface area contributed by atoms with Crippen molar-refractivity contribution in [2.75, 3.05) is 33.4 Å². The fourth-order valence-electron chi connectivity index (χ4n) is 2.14. The number of nitrogens with zero attached hydrogens (tertiary/aromatic N) is 1. The van der Waals surface area contributed by atoms with Crippen molar-refractivity contribution >= 4 is 5.91 Å². The molecule has 0 aliphatic carbocycles. The lowest BCUT2D eigenvalue weighted by molar-refractivity contribution is -0.120. The minimum atomic E-state index is -0.266. The summed E-state index contributed by atoms with van der Waals surface area (Å²) in [5.74, 6) is -0.266. The summed E-state index contributed by atoms with van der Waals surface area (Å²) in [4.78, 5) is 13.6. The third-order valence-electron chi connectivity index (χ3n) is 3.27. The van der Waals surface area contributed by atoms with Gasteiger partial charge in [-0.1, -0.05) is 6.92 Å². The van der Waals surface area contributed by atoms with Crippen LogP contribution in [0.15, 0.2) is 0 Å². The monoisotopic (exact) mass is 243 g/mol. The molecule has 0 bridgehead atoms. The zero-order valence-corrected chi connectivity index (χ0v) is 10.9. The van der Waals surface area contributed by atoms with Crippen LogP contribution >= 0.6 is 0 Å². The largest absolute Gasteiger partial charge is 0.381 e. The minimum absolute atomic E-state index is 0.247. The van der Waals surface area contributed by atoms with Gasteiger partial charge in [-0.05, 0) is 32.9 Å². The van der Waals surface area contributed by atoms with Crippen LogP contribution in [0.4, 0.5) is 0 Å². The van der Waals surface area contributed by atoms with Gasteiger partial charge in [-0.15, -0.1) is 0 Å². The Labute approximate surface area is 104 Å². The second-order valence-corrected chi connectivity index (χ2v) is 4.69. The van der Waals surface area contributed by atoms with Gasteiger partial charge in [-0.3, -0.25) is 4.79 Å². The van der Waals surface area contributed by atoms with Crippen molar-refractivity contribution in [3.8, 4) is 0 Å². The van der Waals surface area contributed by atoms with Crippen LogP contribution in [0.2, 0.25) is 0 Å². The highest BCUT2D eigenvalue weighted by atomic mass is 16.5. The standard InChI is InChI=1S/C12H25N3O2/c1-3-6-14-11(12(13)16)9-15(2)10-4-7-17-8-5-10/h10-11,14H,3-9H2,1-2H3,(H2,13,16). The van der Waals surface area contributed by atoms with Crippen LogP contribution in [0.5, 0.6) is 0 Å². The Bertz CT molecular complexity index is 230. The molecule has 1 unspecified atom stereocenters. The first-order valence-corrected chi connectivity index (χ1v) is 6.45. The van der Waals surface area contributed by atoms with E-state index in [1.165, 1.54) is 0 Å². The van der Waals surface area contributed by atoms with E-state index in [-0.39, 0.29) is 11.9 Å². The van der Waals surface area contributed by atoms with E-state index in [0.29, 0.717) is 12.6 Å². The molecule has 5 nitrogen and oxygen atoms in total. The molecule has 0 aromatic carbocycles. The molecule has 5 heteroatoms. The maximum absolute atomic E-state index is 11.3. The summed E-state index contributed by atoms with van der Waals surface area (Å²) in [5, 5.41) is 3.19. The van der Waals surface area contributed by atoms with E-state index in [2.05, 4.69) is 24.2 Å². The second kappa shape index (κ2) is 7.63. The molecule has 1 aliphatic rings. The Morgan fingerprint density at radius 3 is 2.71 bits per heavy atom. The zero-order valence-electron chi connectivity index (χ0n) is 10.9. The summed E-state index contributed by atoms with van der Waals surface area (Å²) >= 11 is 0. The van der Waals surface area contributed by atoms with E-state index < -0.39 is 0 Å². The number of hydrogen-bond acceptors (Lipinski definition) is 4. The molecule has 100 valence electrons. The first-order valence-electron chi connectivity index (χ1n) is 6.45. The molecule has 1 fully saturated rings. The molecule has 0 aromatic heterocycles. The molecular formula is C12H25N3O2. The molecule has 1 heterocycles. The van der Waals surface area contributed by atoms with Crippen molar-refractivity contribution in [1.82, 2.24) is 10.2 Å². The van der Waals surface area contributed by atoms with Gasteiger partial charge in [0.15, 0.2) is 0 Å². The number of hydrogen-bond donors (Lipinski definition) is 2. The Kier molecular flexibility index (Phi) is 6.47. The normalized spacial score (nSPS) is 19.5. The zero-order chi connectivity index (χ0) is 12.7. The number of ether oxygens (including phenoxy) is 1. The van der Waals surface area contributed by atoms with Gasteiger partial charge >= 0.3 is 0 Å². The number of primary amides is 1. The lowest BCUT2D eigenvalue weighted by atomic mass is 10.1. The second-order valence-electron chi connectivity index (χ2n) is 4.69. The molecule has 0 saturated carbocycles. The quantitative estimate of drug-likeness (QED) is 0.658. The molecule has 17 heavy (non-hydrogen) atoms. The van der Waals surface area contributed by atoms with Crippen molar-refractivity contribution < 1.29 is 9.53 Å². The number of nitrogens with two attached hydrogens (primary N) is 1. The number of nitrogens with one attached hydrogen (secondary N) is 1. The molecule has 1 saturated heterocycles. The van der Waals surface area contributed by atoms with Crippen LogP contribution in [-0.4, -0.2) is 56.2 Å². The molecule has 1 atom stereocenters. The average Bonchev–Trinajstić information content (AvgIpc) is 2.35. The lowest BCUT2D eigenvalue weighted by Crippen LogP contribution is -2.51. The maximum Gasteiger partial charge on any atom is 0.235 e. The average molecular weight is 243 g/mol. The Morgan fingerprint density at radius 1 is 1.53 bits per heavy atom. The molecule has 3 N–H and O–H groups in total. The topological polar surface area (TPSA) is 67.6 Å².